The van der Waals surface area contributed by atoms with Gasteiger partial charge in [-0.3, -0.25) is 4.79 Å². The molecule has 1 aromatic heterocycles. The first kappa shape index (κ1) is 33.3. The highest BCUT2D eigenvalue weighted by Gasteiger charge is 2.56. The average molecular weight is 650 g/mol. The van der Waals surface area contributed by atoms with Crippen molar-refractivity contribution in [1.82, 2.24) is 4.98 Å². The van der Waals surface area contributed by atoms with Crippen LogP contribution < -0.4 is 9.47 Å². The first-order valence-corrected chi connectivity index (χ1v) is 16.6. The van der Waals surface area contributed by atoms with E-state index in [9.17, 15) is 19.4 Å². The van der Waals surface area contributed by atoms with E-state index in [1.165, 1.54) is 6.07 Å². The maximum absolute atomic E-state index is 15.2. The number of nitrogens with zero attached hydrogens (tertiary/aromatic N) is 1. The number of carbonyl (C=O) groups is 1. The van der Waals surface area contributed by atoms with Crippen molar-refractivity contribution in [2.24, 2.45) is 23.7 Å². The molecule has 0 radical (unpaired) electrons. The molecule has 7 nitrogen and oxygen atoms in total. The first-order chi connectivity index (χ1) is 22.1. The van der Waals surface area contributed by atoms with Gasteiger partial charge in [0.2, 0.25) is 5.88 Å². The molecule has 47 heavy (non-hydrogen) atoms. The van der Waals surface area contributed by atoms with E-state index in [1.807, 2.05) is 45.9 Å². The lowest BCUT2D eigenvalue weighted by atomic mass is 9.90. The molecule has 3 aliphatic carbocycles. The molecule has 2 aromatic carbocycles. The number of aliphatic hydroxyl groups is 2. The highest BCUT2D eigenvalue weighted by Crippen LogP contribution is 2.63. The third-order valence-electron chi connectivity index (χ3n) is 10.4. The van der Waals surface area contributed by atoms with Crippen molar-refractivity contribution in [3.05, 3.63) is 76.0 Å². The third-order valence-corrected chi connectivity index (χ3v) is 10.4. The number of pyridine rings is 1. The topological polar surface area (TPSA) is 98.1 Å². The molecule has 2 fully saturated rings. The molecule has 2 N–H and O–H groups in total. The number of hydrogen-bond donors (Lipinski definition) is 2. The molecule has 0 spiro atoms. The Kier molecular flexibility index (Phi) is 8.85. The normalized spacial score (nSPS) is 27.5. The molecule has 0 amide bonds. The number of esters is 1. The Morgan fingerprint density at radius 1 is 1.00 bits per heavy atom. The van der Waals surface area contributed by atoms with Gasteiger partial charge in [0.25, 0.3) is 0 Å². The van der Waals surface area contributed by atoms with Gasteiger partial charge < -0.3 is 24.4 Å². The van der Waals surface area contributed by atoms with Crippen molar-refractivity contribution < 1.29 is 38.0 Å². The summed E-state index contributed by atoms with van der Waals surface area (Å²) in [6.07, 6.45) is 3.93. The Morgan fingerprint density at radius 2 is 1.68 bits per heavy atom. The zero-order valence-corrected chi connectivity index (χ0v) is 28.0. The smallest absolute Gasteiger partial charge is 0.306 e. The van der Waals surface area contributed by atoms with E-state index in [2.05, 4.69) is 4.98 Å². The zero-order valence-electron chi connectivity index (χ0n) is 28.0. The van der Waals surface area contributed by atoms with Crippen LogP contribution in [0.1, 0.15) is 80.7 Å². The van der Waals surface area contributed by atoms with Gasteiger partial charge in [0.05, 0.1) is 24.4 Å². The maximum atomic E-state index is 15.2. The number of ether oxygens (including phenoxy) is 3. The van der Waals surface area contributed by atoms with Crippen LogP contribution in [0.2, 0.25) is 0 Å². The fraction of sp³-hybridized carbons (Fsp3) is 0.526. The van der Waals surface area contributed by atoms with E-state index >= 15 is 4.39 Å². The molecule has 0 aliphatic heterocycles. The van der Waals surface area contributed by atoms with Gasteiger partial charge in [-0.25, -0.2) is 13.8 Å². The zero-order chi connectivity index (χ0) is 33.8. The lowest BCUT2D eigenvalue weighted by molar-refractivity contribution is -0.145. The molecule has 0 saturated heterocycles. The molecule has 5 unspecified atom stereocenters. The summed E-state index contributed by atoms with van der Waals surface area (Å²) in [5.41, 5.74) is 2.60. The number of benzene rings is 2. The minimum absolute atomic E-state index is 0.00894. The molecule has 5 atom stereocenters. The molecule has 6 rings (SSSR count). The summed E-state index contributed by atoms with van der Waals surface area (Å²) >= 11 is 0. The Bertz CT molecular complexity index is 1650. The summed E-state index contributed by atoms with van der Waals surface area (Å²) in [4.78, 5) is 16.7. The van der Waals surface area contributed by atoms with Crippen LogP contribution in [-0.2, 0) is 22.6 Å². The number of fused-ring (bicyclic) bond motifs is 3. The second kappa shape index (κ2) is 12.5. The van der Waals surface area contributed by atoms with Crippen LogP contribution in [0, 0.1) is 49.2 Å². The molecule has 1 heterocycles. The van der Waals surface area contributed by atoms with Crippen LogP contribution in [0.25, 0.3) is 11.1 Å². The van der Waals surface area contributed by atoms with Crippen molar-refractivity contribution in [2.75, 3.05) is 13.2 Å². The van der Waals surface area contributed by atoms with Gasteiger partial charge in [-0.15, -0.1) is 0 Å². The largest absolute Gasteiger partial charge is 0.493 e. The molecule has 3 aromatic rings. The number of aryl methyl sites for hydroxylation is 2. The molecular formula is C38H45F2NO6. The third kappa shape index (κ3) is 6.74. The summed E-state index contributed by atoms with van der Waals surface area (Å²) in [6.45, 7) is 11.7. The van der Waals surface area contributed by atoms with E-state index < -0.39 is 22.8 Å². The van der Waals surface area contributed by atoms with Crippen LogP contribution in [0.3, 0.4) is 0 Å². The minimum atomic E-state index is -1.18. The van der Waals surface area contributed by atoms with E-state index in [4.69, 9.17) is 14.2 Å². The van der Waals surface area contributed by atoms with Gasteiger partial charge in [0, 0.05) is 35.9 Å². The molecule has 0 bridgehead atoms. The number of aromatic nitrogens is 1. The standard InChI is InChI=1S/C38H45F2NO6/c1-20(2)17-47-34(42)12-28-27-9-24-11-33(41-16-30(24)36(27)28)46-19-25-10-29(32(40)13-31(25)39)35-21(3)7-26(8-22(35)4)45-18-23-14-37(5,43)38(6,44)15-23/h7-8,10-11,13,16,20,23,27-28,36,43-44H,9,12,14-15,17-19H2,1-6H3. The van der Waals surface area contributed by atoms with Crippen molar-refractivity contribution in [3.8, 4) is 22.8 Å². The SMILES string of the molecule is Cc1cc(OCC2CC(C)(O)C(C)(O)C2)cc(C)c1-c1cc(COc2cc3c(cn2)C2C(CC(=O)OCC(C)C)C2C3)c(F)cc1F. The lowest BCUT2D eigenvalue weighted by Gasteiger charge is -2.31. The van der Waals surface area contributed by atoms with Gasteiger partial charge in [-0.2, -0.15) is 0 Å². The molecular weight excluding hydrogens is 604 g/mol. The van der Waals surface area contributed by atoms with Crippen LogP contribution in [0.5, 0.6) is 11.6 Å². The Morgan fingerprint density at radius 3 is 2.34 bits per heavy atom. The predicted molar refractivity (Wildman–Crippen MR) is 173 cm³/mol. The lowest BCUT2D eigenvalue weighted by Crippen LogP contribution is -2.44. The van der Waals surface area contributed by atoms with Gasteiger partial charge >= 0.3 is 5.97 Å². The van der Waals surface area contributed by atoms with Gasteiger partial charge in [-0.1, -0.05) is 13.8 Å². The predicted octanol–water partition coefficient (Wildman–Crippen LogP) is 6.99. The maximum Gasteiger partial charge on any atom is 0.306 e. The Balaban J connectivity index is 1.10. The summed E-state index contributed by atoms with van der Waals surface area (Å²) in [5.74, 6) is 0.792. The van der Waals surface area contributed by atoms with Crippen molar-refractivity contribution in [3.63, 3.8) is 0 Å². The quantitative estimate of drug-likeness (QED) is 0.216. The second-order valence-corrected chi connectivity index (χ2v) is 14.8. The van der Waals surface area contributed by atoms with E-state index in [-0.39, 0.29) is 35.5 Å². The minimum Gasteiger partial charge on any atom is -0.493 e. The Hall–Kier alpha value is -3.56. The van der Waals surface area contributed by atoms with Crippen molar-refractivity contribution >= 4 is 5.97 Å². The van der Waals surface area contributed by atoms with Crippen LogP contribution in [0.15, 0.2) is 36.5 Å². The van der Waals surface area contributed by atoms with E-state index in [1.54, 1.807) is 20.0 Å². The summed E-state index contributed by atoms with van der Waals surface area (Å²) in [7, 11) is 0. The highest BCUT2D eigenvalue weighted by atomic mass is 19.1. The number of halogens is 2. The monoisotopic (exact) mass is 649 g/mol. The Labute approximate surface area is 275 Å². The van der Waals surface area contributed by atoms with Crippen LogP contribution in [0.4, 0.5) is 8.78 Å². The summed E-state index contributed by atoms with van der Waals surface area (Å²) < 4.78 is 47.5. The van der Waals surface area contributed by atoms with Crippen molar-refractivity contribution in [2.45, 2.75) is 91.0 Å². The van der Waals surface area contributed by atoms with E-state index in [0.29, 0.717) is 67.4 Å². The first-order valence-electron chi connectivity index (χ1n) is 16.6. The molecule has 9 heteroatoms. The number of hydrogen-bond acceptors (Lipinski definition) is 7. The van der Waals surface area contributed by atoms with Gasteiger partial charge in [0.1, 0.15) is 24.0 Å². The van der Waals surface area contributed by atoms with Crippen LogP contribution >= 0.6 is 0 Å². The van der Waals surface area contributed by atoms with Crippen LogP contribution in [-0.4, -0.2) is 45.6 Å². The summed E-state index contributed by atoms with van der Waals surface area (Å²) in [5, 5.41) is 21.0. The fourth-order valence-electron chi connectivity index (χ4n) is 7.72. The highest BCUT2D eigenvalue weighted by molar-refractivity contribution is 5.73. The molecule has 3 aliphatic rings. The molecule has 252 valence electrons. The van der Waals surface area contributed by atoms with Gasteiger partial charge in [-0.05, 0) is 123 Å². The second-order valence-electron chi connectivity index (χ2n) is 14.8. The van der Waals surface area contributed by atoms with Gasteiger partial charge in [0.15, 0.2) is 0 Å². The summed E-state index contributed by atoms with van der Waals surface area (Å²) in [6, 6.07) is 7.92. The fourth-order valence-corrected chi connectivity index (χ4v) is 7.72. The molecule has 2 saturated carbocycles. The number of carbonyl (C=O) groups excluding carboxylic acids is 1. The number of rotatable bonds is 11. The van der Waals surface area contributed by atoms with E-state index in [0.717, 1.165) is 34.7 Å². The average Bonchev–Trinajstić information content (AvgIpc) is 3.39. The van der Waals surface area contributed by atoms with Crippen molar-refractivity contribution in [1.29, 1.82) is 0 Å².